The highest BCUT2D eigenvalue weighted by Gasteiger charge is 2.25. The first-order chi connectivity index (χ1) is 8.62. The van der Waals surface area contributed by atoms with Gasteiger partial charge in [-0.05, 0) is 69.2 Å². The van der Waals surface area contributed by atoms with E-state index in [2.05, 4.69) is 18.8 Å². The van der Waals surface area contributed by atoms with Gasteiger partial charge >= 0.3 is 0 Å². The maximum atomic E-state index is 5.34. The summed E-state index contributed by atoms with van der Waals surface area (Å²) in [6.07, 6.45) is 0. The van der Waals surface area contributed by atoms with Gasteiger partial charge in [0, 0.05) is 0 Å². The van der Waals surface area contributed by atoms with E-state index in [1.807, 2.05) is 55.4 Å². The Balaban J connectivity index is 4.60. The fourth-order valence-electron chi connectivity index (χ4n) is 0.771. The van der Waals surface area contributed by atoms with E-state index in [1.165, 1.54) is 0 Å². The topological polar surface area (TPSA) is 36.9 Å². The first kappa shape index (κ1) is 19.4. The van der Waals surface area contributed by atoms with Crippen LogP contribution in [0.5, 0.6) is 0 Å². The van der Waals surface area contributed by atoms with E-state index < -0.39 is 22.4 Å². The van der Waals surface area contributed by atoms with Gasteiger partial charge in [-0.2, -0.15) is 0 Å². The first-order valence-electron chi connectivity index (χ1n) is 6.75. The van der Waals surface area contributed by atoms with Crippen LogP contribution in [0.3, 0.4) is 0 Å². The summed E-state index contributed by atoms with van der Waals surface area (Å²) in [6.45, 7) is 20.6. The minimum absolute atomic E-state index is 0.390. The van der Waals surface area contributed by atoms with Gasteiger partial charge in [-0.3, -0.25) is 0 Å². The lowest BCUT2D eigenvalue weighted by atomic mass is 10.1. The van der Waals surface area contributed by atoms with Crippen molar-refractivity contribution < 1.29 is 19.6 Å². The molecule has 0 aromatic carbocycles. The summed E-state index contributed by atoms with van der Waals surface area (Å²) < 4.78 is 0. The molecule has 0 aliphatic heterocycles. The van der Waals surface area contributed by atoms with E-state index in [-0.39, 0.29) is 0 Å². The molecule has 1 radical (unpaired) electrons. The van der Waals surface area contributed by atoms with Crippen molar-refractivity contribution in [3.63, 3.8) is 0 Å². The second-order valence-corrected chi connectivity index (χ2v) is 7.55. The van der Waals surface area contributed by atoms with Crippen LogP contribution in [0.25, 0.3) is 0 Å². The Morgan fingerprint density at radius 3 is 1.40 bits per heavy atom. The number of hydrogen-bond acceptors (Lipinski definition) is 4. The van der Waals surface area contributed by atoms with Crippen molar-refractivity contribution in [2.75, 3.05) is 0 Å². The zero-order valence-electron chi connectivity index (χ0n) is 14.3. The van der Waals surface area contributed by atoms with Crippen molar-refractivity contribution in [2.24, 2.45) is 0 Å². The quantitative estimate of drug-likeness (QED) is 0.446. The fraction of sp³-hybridized carbons (Fsp3) is 0.812. The zero-order chi connectivity index (χ0) is 16.2. The van der Waals surface area contributed by atoms with Crippen LogP contribution < -0.4 is 0 Å². The summed E-state index contributed by atoms with van der Waals surface area (Å²) in [4.78, 5) is 21.1. The van der Waals surface area contributed by atoms with E-state index >= 15 is 0 Å². The minimum Gasteiger partial charge on any atom is -0.229 e. The molecule has 0 fully saturated rings. The second kappa shape index (κ2) is 6.44. The average Bonchev–Trinajstić information content (AvgIpc) is 2.20. The van der Waals surface area contributed by atoms with Crippen LogP contribution in [0, 0.1) is 18.8 Å². The van der Waals surface area contributed by atoms with E-state index in [1.54, 1.807) is 6.92 Å². The van der Waals surface area contributed by atoms with Gasteiger partial charge in [-0.15, -0.1) is 0 Å². The molecule has 0 N–H and O–H groups in total. The van der Waals surface area contributed by atoms with Gasteiger partial charge in [-0.25, -0.2) is 19.6 Å². The normalized spacial score (nSPS) is 13.9. The predicted molar refractivity (Wildman–Crippen MR) is 79.5 cm³/mol. The summed E-state index contributed by atoms with van der Waals surface area (Å²) in [5.74, 6) is 5.84. The molecule has 0 aliphatic rings. The molecule has 20 heavy (non-hydrogen) atoms. The van der Waals surface area contributed by atoms with E-state index in [0.717, 1.165) is 0 Å². The maximum absolute atomic E-state index is 5.34. The number of hydrogen-bond donors (Lipinski definition) is 0. The van der Waals surface area contributed by atoms with Crippen molar-refractivity contribution in [2.45, 2.75) is 84.7 Å². The monoisotopic (exact) mass is 285 g/mol. The highest BCUT2D eigenvalue weighted by molar-refractivity contribution is 5.20. The molecule has 0 amide bonds. The molecule has 4 heteroatoms. The van der Waals surface area contributed by atoms with Crippen LogP contribution in [0.2, 0.25) is 0 Å². The minimum atomic E-state index is -0.977. The SMILES string of the molecule is [CH2]C(C)(C#CC(C)(C)OOC(C)(C)C)OOC(C)(C)C. The molecule has 0 saturated heterocycles. The van der Waals surface area contributed by atoms with Crippen molar-refractivity contribution in [3.8, 4) is 11.8 Å². The van der Waals surface area contributed by atoms with Crippen LogP contribution in [-0.4, -0.2) is 22.4 Å². The van der Waals surface area contributed by atoms with Crippen molar-refractivity contribution in [1.29, 1.82) is 0 Å². The van der Waals surface area contributed by atoms with Gasteiger partial charge < -0.3 is 0 Å². The molecular formula is C16H29O4. The van der Waals surface area contributed by atoms with E-state index in [0.29, 0.717) is 0 Å². The van der Waals surface area contributed by atoms with E-state index in [4.69, 9.17) is 19.6 Å². The van der Waals surface area contributed by atoms with E-state index in [9.17, 15) is 0 Å². The van der Waals surface area contributed by atoms with Crippen LogP contribution in [0.15, 0.2) is 0 Å². The van der Waals surface area contributed by atoms with Gasteiger partial charge in [0.25, 0.3) is 0 Å². The third-order valence-corrected chi connectivity index (χ3v) is 1.60. The molecule has 0 aromatic heterocycles. The fourth-order valence-corrected chi connectivity index (χ4v) is 0.771. The summed E-state index contributed by atoms with van der Waals surface area (Å²) >= 11 is 0. The average molecular weight is 285 g/mol. The summed E-state index contributed by atoms with van der Waals surface area (Å²) in [7, 11) is 0. The molecule has 1 unspecified atom stereocenters. The summed E-state index contributed by atoms with van der Waals surface area (Å²) in [5, 5.41) is 0. The maximum Gasteiger partial charge on any atom is 0.161 e. The standard InChI is InChI=1S/C16H29O4/c1-13(2,3)17-19-15(7,8)11-12-16(9,10)20-18-14(4,5)6/h7H2,1-6,8-10H3. The second-order valence-electron chi connectivity index (χ2n) is 7.55. The molecule has 0 aliphatic carbocycles. The zero-order valence-corrected chi connectivity index (χ0v) is 14.3. The van der Waals surface area contributed by atoms with Crippen LogP contribution in [-0.2, 0) is 19.6 Å². The van der Waals surface area contributed by atoms with Crippen molar-refractivity contribution in [3.05, 3.63) is 6.92 Å². The first-order valence-corrected chi connectivity index (χ1v) is 6.75. The highest BCUT2D eigenvalue weighted by atomic mass is 17.2. The van der Waals surface area contributed by atoms with Crippen molar-refractivity contribution in [1.82, 2.24) is 0 Å². The third-order valence-electron chi connectivity index (χ3n) is 1.60. The Hall–Kier alpha value is -0.600. The molecular weight excluding hydrogens is 256 g/mol. The van der Waals surface area contributed by atoms with Crippen molar-refractivity contribution >= 4 is 0 Å². The lowest BCUT2D eigenvalue weighted by Gasteiger charge is -2.26. The van der Waals surface area contributed by atoms with Crippen LogP contribution in [0.4, 0.5) is 0 Å². The van der Waals surface area contributed by atoms with Gasteiger partial charge in [-0.1, -0.05) is 11.8 Å². The third kappa shape index (κ3) is 11.2. The Morgan fingerprint density at radius 2 is 1.00 bits per heavy atom. The molecule has 117 valence electrons. The number of rotatable bonds is 4. The Kier molecular flexibility index (Phi) is 6.25. The molecule has 0 saturated carbocycles. The lowest BCUT2D eigenvalue weighted by molar-refractivity contribution is -0.385. The molecule has 0 rings (SSSR count). The highest BCUT2D eigenvalue weighted by Crippen LogP contribution is 2.18. The van der Waals surface area contributed by atoms with Crippen LogP contribution in [0.1, 0.15) is 62.3 Å². The lowest BCUT2D eigenvalue weighted by Crippen LogP contribution is -2.32. The molecule has 0 spiro atoms. The van der Waals surface area contributed by atoms with Gasteiger partial charge in [0.15, 0.2) is 11.2 Å². The smallest absolute Gasteiger partial charge is 0.161 e. The summed E-state index contributed by atoms with van der Waals surface area (Å²) in [5.41, 5.74) is -2.55. The van der Waals surface area contributed by atoms with Crippen LogP contribution >= 0.6 is 0 Å². The molecule has 0 bridgehead atoms. The molecule has 0 aromatic rings. The Bertz CT molecular complexity index is 325. The molecule has 1 atom stereocenters. The predicted octanol–water partition coefficient (Wildman–Crippen LogP) is 3.85. The summed E-state index contributed by atoms with van der Waals surface area (Å²) in [6, 6.07) is 0. The Morgan fingerprint density at radius 1 is 0.600 bits per heavy atom. The van der Waals surface area contributed by atoms with Gasteiger partial charge in [0.05, 0.1) is 11.2 Å². The van der Waals surface area contributed by atoms with Gasteiger partial charge in [0.2, 0.25) is 0 Å². The van der Waals surface area contributed by atoms with Gasteiger partial charge in [0.1, 0.15) is 0 Å². The molecule has 0 heterocycles. The molecule has 4 nitrogen and oxygen atoms in total. The largest absolute Gasteiger partial charge is 0.229 e. The Labute approximate surface area is 124 Å².